The van der Waals surface area contributed by atoms with Gasteiger partial charge in [0.15, 0.2) is 0 Å². The molecule has 2 aliphatic rings. The van der Waals surface area contributed by atoms with Gasteiger partial charge in [0.05, 0.1) is 0 Å². The molecule has 75 heavy (non-hydrogen) atoms. The molecule has 0 unspecified atom stereocenters. The summed E-state index contributed by atoms with van der Waals surface area (Å²) in [7, 11) is 0. The molecule has 16 rings (SSSR count). The number of nitrogens with zero attached hydrogens (tertiary/aromatic N) is 1. The Labute approximate surface area is 437 Å². The van der Waals surface area contributed by atoms with Gasteiger partial charge in [-0.3, -0.25) is 0 Å². The standard InChI is InChI=1S/C72H45B2N/c1-7-22-46(23-8-1)52-42-58(48-26-11-3-12-27-48)68(59(43-52)49-28-13-4-14-29-49)73-62-36-21-37-63-70(62)75-71-64(73)40-38-56-54-34-19-20-35-55(54)57-39-41-65(72(75)67(57)66(56)71)74(63)69-60(50-30-15-5-16-31-50)44-53(47-24-9-2-10-25-47)45-61(69)51-32-17-6-18-33-51/h1-45H. The number of rotatable bonds is 8. The smallest absolute Gasteiger partial charge is 0.248 e. The summed E-state index contributed by atoms with van der Waals surface area (Å²) in [6.07, 6.45) is 0. The maximum absolute atomic E-state index is 2.73. The van der Waals surface area contributed by atoms with Gasteiger partial charge in [-0.2, -0.15) is 0 Å². The number of aromatic nitrogens is 1. The average molecular weight is 946 g/mol. The Hall–Kier alpha value is -9.43. The van der Waals surface area contributed by atoms with Crippen molar-refractivity contribution in [1.82, 2.24) is 4.57 Å². The summed E-state index contributed by atoms with van der Waals surface area (Å²) >= 11 is 0. The van der Waals surface area contributed by atoms with Gasteiger partial charge in [0, 0.05) is 27.5 Å². The van der Waals surface area contributed by atoms with E-state index in [1.54, 1.807) is 0 Å². The van der Waals surface area contributed by atoms with E-state index in [-0.39, 0.29) is 13.4 Å². The molecule has 2 aliphatic heterocycles. The molecule has 14 aromatic rings. The van der Waals surface area contributed by atoms with E-state index in [9.17, 15) is 0 Å². The number of hydrogen-bond acceptors (Lipinski definition) is 0. The first-order chi connectivity index (χ1) is 37.3. The van der Waals surface area contributed by atoms with Crippen molar-refractivity contribution in [3.05, 3.63) is 273 Å². The quantitative estimate of drug-likeness (QED) is 0.106. The molecule has 0 spiro atoms. The zero-order valence-electron chi connectivity index (χ0n) is 41.1. The predicted octanol–water partition coefficient (Wildman–Crippen LogP) is 14.2. The highest BCUT2D eigenvalue weighted by atomic mass is 15.0. The van der Waals surface area contributed by atoms with E-state index in [0.29, 0.717) is 0 Å². The third-order valence-electron chi connectivity index (χ3n) is 16.7. The number of fused-ring (bicyclic) bond motifs is 3. The highest BCUT2D eigenvalue weighted by Gasteiger charge is 2.45. The Morgan fingerprint density at radius 1 is 0.227 bits per heavy atom. The topological polar surface area (TPSA) is 4.93 Å². The molecule has 1 aromatic heterocycles. The van der Waals surface area contributed by atoms with Crippen LogP contribution in [0.5, 0.6) is 0 Å². The second-order valence-electron chi connectivity index (χ2n) is 20.6. The number of para-hydroxylation sites is 1. The van der Waals surface area contributed by atoms with Crippen LogP contribution in [0, 0.1) is 0 Å². The first-order valence-electron chi connectivity index (χ1n) is 26.3. The molecule has 0 fully saturated rings. The maximum atomic E-state index is 2.73. The van der Waals surface area contributed by atoms with Crippen LogP contribution >= 0.6 is 0 Å². The summed E-state index contributed by atoms with van der Waals surface area (Å²) in [6, 6.07) is 103. The Bertz CT molecular complexity index is 4140. The molecule has 0 amide bonds. The molecule has 0 bridgehead atoms. The Kier molecular flexibility index (Phi) is 9.29. The average Bonchev–Trinajstić information content (AvgIpc) is 3.87. The van der Waals surface area contributed by atoms with Crippen LogP contribution in [0.4, 0.5) is 0 Å². The van der Waals surface area contributed by atoms with Gasteiger partial charge in [-0.05, 0) is 134 Å². The van der Waals surface area contributed by atoms with Crippen LogP contribution < -0.4 is 32.8 Å². The maximum Gasteiger partial charge on any atom is 0.248 e. The highest BCUT2D eigenvalue weighted by Crippen LogP contribution is 2.46. The van der Waals surface area contributed by atoms with Crippen LogP contribution in [0.15, 0.2) is 273 Å². The molecule has 13 aromatic carbocycles. The largest absolute Gasteiger partial charge is 0.311 e. The van der Waals surface area contributed by atoms with E-state index in [4.69, 9.17) is 0 Å². The number of benzene rings is 13. The van der Waals surface area contributed by atoms with Crippen molar-refractivity contribution < 1.29 is 0 Å². The molecule has 3 heteroatoms. The van der Waals surface area contributed by atoms with Crippen molar-refractivity contribution in [1.29, 1.82) is 0 Å². The highest BCUT2D eigenvalue weighted by molar-refractivity contribution is 7.03. The Morgan fingerprint density at radius 3 is 0.867 bits per heavy atom. The molecule has 0 aliphatic carbocycles. The predicted molar refractivity (Wildman–Crippen MR) is 322 cm³/mol. The molecular formula is C72H45B2N. The lowest BCUT2D eigenvalue weighted by atomic mass is 9.30. The fourth-order valence-corrected chi connectivity index (χ4v) is 13.6. The summed E-state index contributed by atoms with van der Waals surface area (Å²) < 4.78 is 2.73. The third-order valence-corrected chi connectivity index (χ3v) is 16.7. The van der Waals surface area contributed by atoms with Crippen molar-refractivity contribution in [2.45, 2.75) is 0 Å². The lowest BCUT2D eigenvalue weighted by Gasteiger charge is -2.36. The van der Waals surface area contributed by atoms with Gasteiger partial charge in [-0.15, -0.1) is 0 Å². The second kappa shape index (κ2) is 16.5. The fraction of sp³-hybridized carbons (Fsp3) is 0. The normalized spacial score (nSPS) is 12.5. The van der Waals surface area contributed by atoms with Crippen molar-refractivity contribution in [2.75, 3.05) is 0 Å². The van der Waals surface area contributed by atoms with E-state index in [1.165, 1.54) is 149 Å². The van der Waals surface area contributed by atoms with Gasteiger partial charge < -0.3 is 4.57 Å². The van der Waals surface area contributed by atoms with Crippen molar-refractivity contribution in [2.24, 2.45) is 0 Å². The van der Waals surface area contributed by atoms with Crippen LogP contribution in [0.3, 0.4) is 0 Å². The van der Waals surface area contributed by atoms with Gasteiger partial charge in [-0.1, -0.05) is 260 Å². The summed E-state index contributed by atoms with van der Waals surface area (Å²) in [5.74, 6) is 0. The first kappa shape index (κ1) is 42.1. The van der Waals surface area contributed by atoms with Crippen molar-refractivity contribution >= 4 is 89.6 Å². The van der Waals surface area contributed by atoms with Crippen molar-refractivity contribution in [3.63, 3.8) is 0 Å². The van der Waals surface area contributed by atoms with Crippen LogP contribution in [-0.2, 0) is 0 Å². The van der Waals surface area contributed by atoms with E-state index in [0.717, 1.165) is 0 Å². The second-order valence-corrected chi connectivity index (χ2v) is 20.6. The van der Waals surface area contributed by atoms with Gasteiger partial charge in [0.2, 0.25) is 13.4 Å². The molecule has 0 N–H and O–H groups in total. The van der Waals surface area contributed by atoms with Gasteiger partial charge in [0.1, 0.15) is 0 Å². The van der Waals surface area contributed by atoms with E-state index in [1.807, 2.05) is 0 Å². The van der Waals surface area contributed by atoms with Crippen LogP contribution in [-0.4, -0.2) is 18.0 Å². The van der Waals surface area contributed by atoms with Crippen LogP contribution in [0.25, 0.3) is 116 Å². The SMILES string of the molecule is c1ccc(-c2cc(-c3ccccc3)c(B3c4cccc5c4-n4c6c3ccc3c7ccccc7c7ccc(c4c7c36)B5c3c(-c4ccccc4)cc(-c4ccccc4)cc3-c3ccccc3)c(-c3ccccc3)c2)cc1. The molecule has 0 saturated carbocycles. The Balaban J connectivity index is 1.09. The van der Waals surface area contributed by atoms with Crippen LogP contribution in [0.2, 0.25) is 0 Å². The van der Waals surface area contributed by atoms with Gasteiger partial charge >= 0.3 is 0 Å². The monoisotopic (exact) mass is 945 g/mol. The minimum atomic E-state index is -0.119. The summed E-state index contributed by atoms with van der Waals surface area (Å²) in [5.41, 5.74) is 26.6. The lowest BCUT2D eigenvalue weighted by Crippen LogP contribution is -2.63. The van der Waals surface area contributed by atoms with Gasteiger partial charge in [0.25, 0.3) is 0 Å². The number of hydrogen-bond donors (Lipinski definition) is 0. The molecular weight excluding hydrogens is 900 g/mol. The van der Waals surface area contributed by atoms with E-state index < -0.39 is 0 Å². The summed E-state index contributed by atoms with van der Waals surface area (Å²) in [4.78, 5) is 0. The minimum Gasteiger partial charge on any atom is -0.311 e. The Morgan fingerprint density at radius 2 is 0.533 bits per heavy atom. The van der Waals surface area contributed by atoms with Crippen LogP contribution in [0.1, 0.15) is 0 Å². The molecule has 0 radical (unpaired) electrons. The summed E-state index contributed by atoms with van der Waals surface area (Å²) in [6.45, 7) is -0.238. The molecule has 0 atom stereocenters. The molecule has 344 valence electrons. The first-order valence-corrected chi connectivity index (χ1v) is 26.3. The zero-order chi connectivity index (χ0) is 49.1. The zero-order valence-corrected chi connectivity index (χ0v) is 41.1. The lowest BCUT2D eigenvalue weighted by molar-refractivity contribution is 1.20. The molecule has 1 nitrogen and oxygen atoms in total. The third kappa shape index (κ3) is 6.22. The van der Waals surface area contributed by atoms with Crippen molar-refractivity contribution in [3.8, 4) is 72.4 Å². The van der Waals surface area contributed by atoms with E-state index >= 15 is 0 Å². The summed E-state index contributed by atoms with van der Waals surface area (Å²) in [5, 5.41) is 7.93. The van der Waals surface area contributed by atoms with Gasteiger partial charge in [-0.25, -0.2) is 0 Å². The van der Waals surface area contributed by atoms with E-state index in [2.05, 4.69) is 278 Å². The molecule has 0 saturated heterocycles. The fourth-order valence-electron chi connectivity index (χ4n) is 13.6. The molecule has 3 heterocycles. The minimum absolute atomic E-state index is 0.119.